The predicted molar refractivity (Wildman–Crippen MR) is 60.7 cm³/mol. The lowest BCUT2D eigenvalue weighted by atomic mass is 10.0. The van der Waals surface area contributed by atoms with Gasteiger partial charge in [0.1, 0.15) is 0 Å². The highest BCUT2D eigenvalue weighted by Crippen LogP contribution is 2.31. The largest absolute Gasteiger partial charge is 0.416 e. The summed E-state index contributed by atoms with van der Waals surface area (Å²) in [6, 6.07) is 4.29. The van der Waals surface area contributed by atoms with E-state index >= 15 is 0 Å². The predicted octanol–water partition coefficient (Wildman–Crippen LogP) is 2.68. The Kier molecular flexibility index (Phi) is 3.15. The topological polar surface area (TPSA) is 62.2 Å². The number of hydrogen-bond donors (Lipinski definition) is 2. The van der Waals surface area contributed by atoms with E-state index in [-0.39, 0.29) is 16.5 Å². The van der Waals surface area contributed by atoms with Crippen LogP contribution in [0.25, 0.3) is 10.9 Å². The van der Waals surface area contributed by atoms with E-state index in [1.54, 1.807) is 6.92 Å². The number of alkyl halides is 3. The van der Waals surface area contributed by atoms with Crippen LogP contribution in [-0.4, -0.2) is 16.1 Å². The smallest absolute Gasteiger partial charge is 0.288 e. The Morgan fingerprint density at radius 1 is 1.32 bits per heavy atom. The van der Waals surface area contributed by atoms with Gasteiger partial charge in [0.05, 0.1) is 16.6 Å². The van der Waals surface area contributed by atoms with E-state index in [0.717, 1.165) is 18.2 Å². The Morgan fingerprint density at radius 3 is 2.58 bits per heavy atom. The zero-order valence-electron chi connectivity index (χ0n) is 9.75. The van der Waals surface area contributed by atoms with Crippen LogP contribution in [0.15, 0.2) is 24.3 Å². The molecule has 0 unspecified atom stereocenters. The van der Waals surface area contributed by atoms with E-state index in [4.69, 9.17) is 5.21 Å². The van der Waals surface area contributed by atoms with Gasteiger partial charge in [0.15, 0.2) is 0 Å². The van der Waals surface area contributed by atoms with Crippen LogP contribution in [0, 0.1) is 6.92 Å². The molecule has 100 valence electrons. The Labute approximate surface area is 105 Å². The fourth-order valence-corrected chi connectivity index (χ4v) is 1.79. The minimum absolute atomic E-state index is 0.0495. The summed E-state index contributed by atoms with van der Waals surface area (Å²) in [5.74, 6) is -0.796. The van der Waals surface area contributed by atoms with Crippen molar-refractivity contribution in [2.45, 2.75) is 13.1 Å². The highest BCUT2D eigenvalue weighted by atomic mass is 19.4. The fourth-order valence-electron chi connectivity index (χ4n) is 1.79. The molecular weight excluding hydrogens is 261 g/mol. The minimum Gasteiger partial charge on any atom is -0.288 e. The van der Waals surface area contributed by atoms with Crippen LogP contribution < -0.4 is 5.48 Å². The van der Waals surface area contributed by atoms with Crippen LogP contribution in [-0.2, 0) is 6.18 Å². The van der Waals surface area contributed by atoms with Crippen molar-refractivity contribution in [3.63, 3.8) is 0 Å². The van der Waals surface area contributed by atoms with Gasteiger partial charge in [0, 0.05) is 11.1 Å². The molecule has 0 spiro atoms. The van der Waals surface area contributed by atoms with Crippen molar-refractivity contribution < 1.29 is 23.2 Å². The van der Waals surface area contributed by atoms with Gasteiger partial charge < -0.3 is 0 Å². The Hall–Kier alpha value is -2.15. The second kappa shape index (κ2) is 4.51. The average Bonchev–Trinajstić information content (AvgIpc) is 2.34. The monoisotopic (exact) mass is 270 g/mol. The quantitative estimate of drug-likeness (QED) is 0.618. The first-order valence-corrected chi connectivity index (χ1v) is 5.26. The van der Waals surface area contributed by atoms with E-state index in [9.17, 15) is 18.0 Å². The number of pyridine rings is 1. The van der Waals surface area contributed by atoms with Crippen molar-refractivity contribution in [1.82, 2.24) is 10.5 Å². The number of carbonyl (C=O) groups excluding carboxylic acids is 1. The highest BCUT2D eigenvalue weighted by Gasteiger charge is 2.30. The van der Waals surface area contributed by atoms with E-state index in [0.29, 0.717) is 5.69 Å². The normalized spacial score (nSPS) is 11.6. The van der Waals surface area contributed by atoms with Crippen molar-refractivity contribution in [2.75, 3.05) is 0 Å². The number of rotatable bonds is 1. The van der Waals surface area contributed by atoms with Crippen LogP contribution in [0.5, 0.6) is 0 Å². The number of amides is 1. The third-order valence-electron chi connectivity index (χ3n) is 2.61. The van der Waals surface area contributed by atoms with E-state index in [1.807, 2.05) is 0 Å². The van der Waals surface area contributed by atoms with Crippen LogP contribution in [0.1, 0.15) is 21.6 Å². The Bertz CT molecular complexity index is 653. The third kappa shape index (κ3) is 2.50. The number of halogens is 3. The molecule has 19 heavy (non-hydrogen) atoms. The van der Waals surface area contributed by atoms with Gasteiger partial charge in [-0.15, -0.1) is 0 Å². The molecule has 2 aromatic rings. The second-order valence-electron chi connectivity index (χ2n) is 3.98. The maximum atomic E-state index is 12.6. The van der Waals surface area contributed by atoms with Gasteiger partial charge >= 0.3 is 6.18 Å². The number of aryl methyl sites for hydroxylation is 1. The van der Waals surface area contributed by atoms with Crippen molar-refractivity contribution in [3.05, 3.63) is 41.1 Å². The molecular formula is C12H9F3N2O2. The molecule has 7 heteroatoms. The standard InChI is InChI=1S/C12H9F3N2O2/c1-6-4-9(11(18)17-19)8-3-2-7(12(13,14)15)5-10(8)16-6/h2-5,19H,1H3,(H,17,18). The third-order valence-corrected chi connectivity index (χ3v) is 2.61. The molecule has 0 radical (unpaired) electrons. The molecule has 0 fully saturated rings. The molecule has 1 aromatic carbocycles. The molecule has 0 bridgehead atoms. The van der Waals surface area contributed by atoms with Gasteiger partial charge in [0.25, 0.3) is 5.91 Å². The maximum Gasteiger partial charge on any atom is 0.416 e. The number of nitrogens with one attached hydrogen (secondary N) is 1. The van der Waals surface area contributed by atoms with Crippen molar-refractivity contribution in [2.24, 2.45) is 0 Å². The van der Waals surface area contributed by atoms with Gasteiger partial charge in [-0.05, 0) is 25.1 Å². The van der Waals surface area contributed by atoms with Gasteiger partial charge in [-0.2, -0.15) is 13.2 Å². The summed E-state index contributed by atoms with van der Waals surface area (Å²) in [4.78, 5) is 15.4. The Morgan fingerprint density at radius 2 is 2.00 bits per heavy atom. The molecule has 2 rings (SSSR count). The summed E-state index contributed by atoms with van der Waals surface area (Å²) in [7, 11) is 0. The molecule has 4 nitrogen and oxygen atoms in total. The number of nitrogens with zero attached hydrogens (tertiary/aromatic N) is 1. The Balaban J connectivity index is 2.72. The summed E-state index contributed by atoms with van der Waals surface area (Å²) in [6.45, 7) is 1.55. The van der Waals surface area contributed by atoms with Crippen molar-refractivity contribution in [1.29, 1.82) is 0 Å². The molecule has 2 N–H and O–H groups in total. The minimum atomic E-state index is -4.47. The van der Waals surface area contributed by atoms with Crippen molar-refractivity contribution >= 4 is 16.8 Å². The SMILES string of the molecule is Cc1cc(C(=O)NO)c2ccc(C(F)(F)F)cc2n1. The lowest BCUT2D eigenvalue weighted by molar-refractivity contribution is -0.137. The summed E-state index contributed by atoms with van der Waals surface area (Å²) in [6.07, 6.45) is -4.47. The molecule has 0 aliphatic rings. The first kappa shape index (κ1) is 13.3. The first-order valence-electron chi connectivity index (χ1n) is 5.26. The zero-order chi connectivity index (χ0) is 14.2. The number of fused-ring (bicyclic) bond motifs is 1. The molecule has 0 atom stereocenters. The first-order chi connectivity index (χ1) is 8.82. The molecule has 1 amide bonds. The molecule has 0 aliphatic heterocycles. The van der Waals surface area contributed by atoms with E-state index in [2.05, 4.69) is 4.98 Å². The fraction of sp³-hybridized carbons (Fsp3) is 0.167. The van der Waals surface area contributed by atoms with E-state index in [1.165, 1.54) is 11.5 Å². The summed E-state index contributed by atoms with van der Waals surface area (Å²) in [5, 5.41) is 8.86. The van der Waals surface area contributed by atoms with Gasteiger partial charge in [-0.25, -0.2) is 5.48 Å². The van der Waals surface area contributed by atoms with Crippen LogP contribution in [0.3, 0.4) is 0 Å². The van der Waals surface area contributed by atoms with Crippen LogP contribution in [0.4, 0.5) is 13.2 Å². The lowest BCUT2D eigenvalue weighted by Crippen LogP contribution is -2.19. The van der Waals surface area contributed by atoms with Crippen LogP contribution in [0.2, 0.25) is 0 Å². The maximum absolute atomic E-state index is 12.6. The lowest BCUT2D eigenvalue weighted by Gasteiger charge is -2.10. The van der Waals surface area contributed by atoms with Crippen LogP contribution >= 0.6 is 0 Å². The number of aromatic nitrogens is 1. The number of hydrogen-bond acceptors (Lipinski definition) is 3. The van der Waals surface area contributed by atoms with Gasteiger partial charge in [-0.3, -0.25) is 15.0 Å². The number of benzene rings is 1. The van der Waals surface area contributed by atoms with E-state index < -0.39 is 17.6 Å². The molecule has 1 aromatic heterocycles. The number of hydroxylamine groups is 1. The summed E-state index contributed by atoms with van der Waals surface area (Å²) < 4.78 is 37.8. The van der Waals surface area contributed by atoms with Gasteiger partial charge in [-0.1, -0.05) is 6.07 Å². The number of carbonyl (C=O) groups is 1. The average molecular weight is 270 g/mol. The summed E-state index contributed by atoms with van der Waals surface area (Å²) >= 11 is 0. The molecule has 0 saturated carbocycles. The van der Waals surface area contributed by atoms with Crippen molar-refractivity contribution in [3.8, 4) is 0 Å². The molecule has 0 aliphatic carbocycles. The molecule has 0 saturated heterocycles. The summed E-state index contributed by atoms with van der Waals surface area (Å²) in [5.41, 5.74) is 1.11. The van der Waals surface area contributed by atoms with Gasteiger partial charge in [0.2, 0.25) is 0 Å². The second-order valence-corrected chi connectivity index (χ2v) is 3.98. The highest BCUT2D eigenvalue weighted by molar-refractivity contribution is 6.05. The zero-order valence-corrected chi connectivity index (χ0v) is 9.75. The molecule has 1 heterocycles.